The van der Waals surface area contributed by atoms with E-state index in [4.69, 9.17) is 9.72 Å². The summed E-state index contributed by atoms with van der Waals surface area (Å²) in [6.07, 6.45) is 0. The molecule has 0 saturated carbocycles. The van der Waals surface area contributed by atoms with Crippen molar-refractivity contribution in [2.24, 2.45) is 0 Å². The molecule has 0 bridgehead atoms. The highest BCUT2D eigenvalue weighted by molar-refractivity contribution is 5.98. The third-order valence-electron chi connectivity index (χ3n) is 4.61. The van der Waals surface area contributed by atoms with E-state index in [1.165, 1.54) is 18.2 Å². The van der Waals surface area contributed by atoms with Gasteiger partial charge < -0.3 is 4.74 Å². The molecule has 0 N–H and O–H groups in total. The smallest absolute Gasteiger partial charge is 0.340 e. The second-order valence-electron chi connectivity index (χ2n) is 6.73. The van der Waals surface area contributed by atoms with Gasteiger partial charge in [-0.15, -0.1) is 0 Å². The molecule has 134 valence electrons. The number of hydrogen-bond acceptors (Lipinski definition) is 4. The lowest BCUT2D eigenvalue weighted by Gasteiger charge is -2.20. The number of nitrogens with zero attached hydrogens (tertiary/aromatic N) is 2. The number of aromatic nitrogens is 1. The SMILES string of the molecule is COC(=O)c1c(CN(C)Cc2ccc(C)cc2)nc2ccccc2c1C. The molecule has 2 aromatic carbocycles. The highest BCUT2D eigenvalue weighted by Gasteiger charge is 2.20. The van der Waals surface area contributed by atoms with Crippen molar-refractivity contribution < 1.29 is 9.53 Å². The number of rotatable bonds is 5. The average molecular weight is 348 g/mol. The Bertz CT molecular complexity index is 933. The lowest BCUT2D eigenvalue weighted by atomic mass is 10.0. The zero-order chi connectivity index (χ0) is 18.7. The largest absolute Gasteiger partial charge is 0.465 e. The van der Waals surface area contributed by atoms with Gasteiger partial charge in [-0.3, -0.25) is 9.88 Å². The molecule has 1 aromatic heterocycles. The van der Waals surface area contributed by atoms with E-state index >= 15 is 0 Å². The van der Waals surface area contributed by atoms with Crippen LogP contribution in [0.1, 0.15) is 32.7 Å². The zero-order valence-electron chi connectivity index (χ0n) is 15.7. The van der Waals surface area contributed by atoms with E-state index in [0.29, 0.717) is 12.1 Å². The number of hydrogen-bond donors (Lipinski definition) is 0. The maximum Gasteiger partial charge on any atom is 0.340 e. The number of carbonyl (C=O) groups is 1. The Labute approximate surface area is 154 Å². The van der Waals surface area contributed by atoms with Gasteiger partial charge in [0.15, 0.2) is 0 Å². The number of carbonyl (C=O) groups excluding carboxylic acids is 1. The van der Waals surface area contributed by atoms with Crippen molar-refractivity contribution in [3.8, 4) is 0 Å². The van der Waals surface area contributed by atoms with Crippen LogP contribution in [-0.2, 0) is 17.8 Å². The van der Waals surface area contributed by atoms with Gasteiger partial charge in [0.2, 0.25) is 0 Å². The number of methoxy groups -OCH3 is 1. The van der Waals surface area contributed by atoms with Gasteiger partial charge in [-0.25, -0.2) is 4.79 Å². The molecule has 0 atom stereocenters. The summed E-state index contributed by atoms with van der Waals surface area (Å²) in [5.74, 6) is -0.334. The number of para-hydroxylation sites is 1. The Morgan fingerprint density at radius 3 is 2.42 bits per heavy atom. The van der Waals surface area contributed by atoms with E-state index in [-0.39, 0.29) is 5.97 Å². The van der Waals surface area contributed by atoms with E-state index < -0.39 is 0 Å². The fraction of sp³-hybridized carbons (Fsp3) is 0.273. The fourth-order valence-electron chi connectivity index (χ4n) is 3.24. The van der Waals surface area contributed by atoms with E-state index in [0.717, 1.165) is 28.7 Å². The summed E-state index contributed by atoms with van der Waals surface area (Å²) in [6, 6.07) is 16.4. The number of fused-ring (bicyclic) bond motifs is 1. The molecule has 0 spiro atoms. The predicted octanol–water partition coefficient (Wildman–Crippen LogP) is 4.27. The van der Waals surface area contributed by atoms with Crippen molar-refractivity contribution in [2.45, 2.75) is 26.9 Å². The number of ether oxygens (including phenoxy) is 1. The Morgan fingerprint density at radius 1 is 1.04 bits per heavy atom. The van der Waals surface area contributed by atoms with Crippen LogP contribution < -0.4 is 0 Å². The molecular formula is C22H24N2O2. The molecular weight excluding hydrogens is 324 g/mol. The zero-order valence-corrected chi connectivity index (χ0v) is 15.7. The molecule has 4 nitrogen and oxygen atoms in total. The molecule has 0 amide bonds. The minimum atomic E-state index is -0.334. The van der Waals surface area contributed by atoms with Gasteiger partial charge in [0.05, 0.1) is 23.9 Å². The van der Waals surface area contributed by atoms with Gasteiger partial charge in [0.25, 0.3) is 0 Å². The first kappa shape index (κ1) is 18.1. The van der Waals surface area contributed by atoms with E-state index in [1.807, 2.05) is 38.2 Å². The quantitative estimate of drug-likeness (QED) is 0.646. The van der Waals surface area contributed by atoms with Crippen LogP contribution >= 0.6 is 0 Å². The average Bonchev–Trinajstić information content (AvgIpc) is 2.63. The van der Waals surface area contributed by atoms with Gasteiger partial charge in [-0.2, -0.15) is 0 Å². The molecule has 26 heavy (non-hydrogen) atoms. The minimum Gasteiger partial charge on any atom is -0.465 e. The van der Waals surface area contributed by atoms with Gasteiger partial charge in [-0.05, 0) is 38.1 Å². The maximum absolute atomic E-state index is 12.4. The second-order valence-corrected chi connectivity index (χ2v) is 6.73. The third kappa shape index (κ3) is 3.75. The lowest BCUT2D eigenvalue weighted by molar-refractivity contribution is 0.0597. The monoisotopic (exact) mass is 348 g/mol. The Morgan fingerprint density at radius 2 is 1.73 bits per heavy atom. The first-order chi connectivity index (χ1) is 12.5. The van der Waals surface area contributed by atoms with Gasteiger partial charge in [0, 0.05) is 18.5 Å². The third-order valence-corrected chi connectivity index (χ3v) is 4.61. The highest BCUT2D eigenvalue weighted by Crippen LogP contribution is 2.24. The Hall–Kier alpha value is -2.72. The number of benzene rings is 2. The Balaban J connectivity index is 1.94. The first-order valence-electron chi connectivity index (χ1n) is 8.70. The van der Waals surface area contributed by atoms with Crippen molar-refractivity contribution in [2.75, 3.05) is 14.2 Å². The van der Waals surface area contributed by atoms with Crippen LogP contribution in [0.2, 0.25) is 0 Å². The van der Waals surface area contributed by atoms with Gasteiger partial charge in [0.1, 0.15) is 0 Å². The van der Waals surface area contributed by atoms with Crippen LogP contribution in [0.5, 0.6) is 0 Å². The summed E-state index contributed by atoms with van der Waals surface area (Å²) >= 11 is 0. The summed E-state index contributed by atoms with van der Waals surface area (Å²) in [6.45, 7) is 5.40. The first-order valence-corrected chi connectivity index (χ1v) is 8.70. The van der Waals surface area contributed by atoms with Gasteiger partial charge >= 0.3 is 5.97 Å². The van der Waals surface area contributed by atoms with E-state index in [9.17, 15) is 4.79 Å². The molecule has 3 aromatic rings. The van der Waals surface area contributed by atoms with E-state index in [1.54, 1.807) is 0 Å². The number of esters is 1. The Kier molecular flexibility index (Phi) is 5.33. The molecule has 0 unspecified atom stereocenters. The summed E-state index contributed by atoms with van der Waals surface area (Å²) < 4.78 is 5.02. The topological polar surface area (TPSA) is 42.4 Å². The second kappa shape index (κ2) is 7.67. The standard InChI is InChI=1S/C22H24N2O2/c1-15-9-11-17(12-10-15)13-24(3)14-20-21(22(25)26-4)16(2)18-7-5-6-8-19(18)23-20/h5-12H,13-14H2,1-4H3. The normalized spacial score (nSPS) is 11.1. The molecule has 0 radical (unpaired) electrons. The molecule has 4 heteroatoms. The molecule has 0 saturated heterocycles. The highest BCUT2D eigenvalue weighted by atomic mass is 16.5. The number of aryl methyl sites for hydroxylation is 2. The van der Waals surface area contributed by atoms with Crippen LogP contribution in [0.3, 0.4) is 0 Å². The summed E-state index contributed by atoms with van der Waals surface area (Å²) in [5.41, 5.74) is 5.62. The van der Waals surface area contributed by atoms with Crippen molar-refractivity contribution in [1.82, 2.24) is 9.88 Å². The molecule has 3 rings (SSSR count). The van der Waals surface area contributed by atoms with E-state index in [2.05, 4.69) is 36.1 Å². The van der Waals surface area contributed by atoms with Crippen LogP contribution in [0, 0.1) is 13.8 Å². The molecule has 1 heterocycles. The predicted molar refractivity (Wildman–Crippen MR) is 104 cm³/mol. The minimum absolute atomic E-state index is 0.334. The van der Waals surface area contributed by atoms with Gasteiger partial charge in [-0.1, -0.05) is 48.0 Å². The van der Waals surface area contributed by atoms with Crippen molar-refractivity contribution in [3.63, 3.8) is 0 Å². The van der Waals surface area contributed by atoms with Crippen LogP contribution in [0.15, 0.2) is 48.5 Å². The van der Waals surface area contributed by atoms with Crippen LogP contribution in [0.25, 0.3) is 10.9 Å². The van der Waals surface area contributed by atoms with Crippen LogP contribution in [-0.4, -0.2) is 30.0 Å². The molecule has 0 aliphatic carbocycles. The molecule has 0 fully saturated rings. The summed E-state index contributed by atoms with van der Waals surface area (Å²) in [4.78, 5) is 19.3. The van der Waals surface area contributed by atoms with Crippen molar-refractivity contribution >= 4 is 16.9 Å². The number of pyridine rings is 1. The summed E-state index contributed by atoms with van der Waals surface area (Å²) in [7, 11) is 3.45. The maximum atomic E-state index is 12.4. The fourth-order valence-corrected chi connectivity index (χ4v) is 3.24. The lowest BCUT2D eigenvalue weighted by Crippen LogP contribution is -2.21. The molecule has 0 aliphatic rings. The van der Waals surface area contributed by atoms with Crippen LogP contribution in [0.4, 0.5) is 0 Å². The molecule has 0 aliphatic heterocycles. The van der Waals surface area contributed by atoms with Crippen molar-refractivity contribution in [3.05, 3.63) is 76.5 Å². The van der Waals surface area contributed by atoms with Crippen molar-refractivity contribution in [1.29, 1.82) is 0 Å². The summed E-state index contributed by atoms with van der Waals surface area (Å²) in [5, 5.41) is 0.984.